The molecular weight excluding hydrogens is 396 g/mol. The van der Waals surface area contributed by atoms with Gasteiger partial charge in [-0.2, -0.15) is 4.58 Å². The van der Waals surface area contributed by atoms with Crippen LogP contribution in [-0.4, -0.2) is 28.4 Å². The summed E-state index contributed by atoms with van der Waals surface area (Å²) in [6, 6.07) is 21.1. The summed E-state index contributed by atoms with van der Waals surface area (Å²) in [6.45, 7) is 8.03. The van der Waals surface area contributed by atoms with Crippen LogP contribution in [0.3, 0.4) is 0 Å². The smallest absolute Gasteiger partial charge is 0.298 e. The van der Waals surface area contributed by atoms with E-state index in [2.05, 4.69) is 91.6 Å². The molecule has 0 aliphatic carbocycles. The van der Waals surface area contributed by atoms with Gasteiger partial charge in [0.1, 0.15) is 12.8 Å². The summed E-state index contributed by atoms with van der Waals surface area (Å²) in [5.41, 5.74) is 7.01. The molecule has 0 saturated carbocycles. The van der Waals surface area contributed by atoms with Gasteiger partial charge in [-0.3, -0.25) is 4.79 Å². The predicted octanol–water partition coefficient (Wildman–Crippen LogP) is 6.07. The third-order valence-corrected chi connectivity index (χ3v) is 6.73. The molecule has 0 radical (unpaired) electrons. The second-order valence-electron chi connectivity index (χ2n) is 8.83. The van der Waals surface area contributed by atoms with Crippen LogP contribution < -0.4 is 4.74 Å². The zero-order valence-corrected chi connectivity index (χ0v) is 18.9. The monoisotopic (exact) mass is 423 g/mol. The number of nitrogens with zero attached hydrogens (tertiary/aromatic N) is 2. The number of allylic oxidation sites excluding steroid dienone is 1. The lowest BCUT2D eigenvalue weighted by molar-refractivity contribution is -0.401. The fourth-order valence-electron chi connectivity index (χ4n) is 5.14. The number of hydrogen-bond donors (Lipinski definition) is 0. The van der Waals surface area contributed by atoms with Crippen LogP contribution in [0.1, 0.15) is 31.9 Å². The highest BCUT2D eigenvalue weighted by Crippen LogP contribution is 2.41. The lowest BCUT2D eigenvalue weighted by Crippen LogP contribution is -2.26. The lowest BCUT2D eigenvalue weighted by atomic mass is 9.81. The van der Waals surface area contributed by atoms with Gasteiger partial charge >= 0.3 is 0 Å². The van der Waals surface area contributed by atoms with Crippen LogP contribution in [0.2, 0.25) is 0 Å². The van der Waals surface area contributed by atoms with Gasteiger partial charge in [0, 0.05) is 46.1 Å². The van der Waals surface area contributed by atoms with Gasteiger partial charge in [-0.25, -0.2) is 0 Å². The van der Waals surface area contributed by atoms with Gasteiger partial charge in [-0.15, -0.1) is 0 Å². The summed E-state index contributed by atoms with van der Waals surface area (Å²) in [5, 5.41) is 2.58. The van der Waals surface area contributed by atoms with Crippen molar-refractivity contribution >= 4 is 45.8 Å². The molecular formula is C28H27N2O2+. The average molecular weight is 424 g/mol. The van der Waals surface area contributed by atoms with E-state index in [0.717, 1.165) is 17.8 Å². The maximum absolute atomic E-state index is 10.8. The molecule has 1 aliphatic heterocycles. The normalized spacial score (nSPS) is 15.1. The number of carbonyl (C=O) groups is 1. The zero-order valence-electron chi connectivity index (χ0n) is 18.9. The third kappa shape index (κ3) is 2.98. The van der Waals surface area contributed by atoms with E-state index >= 15 is 0 Å². The van der Waals surface area contributed by atoms with Crippen molar-refractivity contribution in [1.29, 1.82) is 0 Å². The van der Waals surface area contributed by atoms with Crippen molar-refractivity contribution in [3.63, 3.8) is 0 Å². The summed E-state index contributed by atoms with van der Waals surface area (Å²) < 4.78 is 9.67. The summed E-state index contributed by atoms with van der Waals surface area (Å²) in [4.78, 5) is 10.8. The first-order valence-corrected chi connectivity index (χ1v) is 11.0. The Morgan fingerprint density at radius 1 is 0.969 bits per heavy atom. The minimum Gasteiger partial charge on any atom is -0.429 e. The second kappa shape index (κ2) is 7.49. The van der Waals surface area contributed by atoms with Crippen LogP contribution in [0, 0.1) is 0 Å². The van der Waals surface area contributed by atoms with Crippen molar-refractivity contribution in [2.45, 2.75) is 32.7 Å². The van der Waals surface area contributed by atoms with Crippen LogP contribution in [0.25, 0.3) is 27.9 Å². The Kier molecular flexibility index (Phi) is 4.74. The van der Waals surface area contributed by atoms with Gasteiger partial charge in [-0.1, -0.05) is 24.3 Å². The molecule has 1 aliphatic rings. The van der Waals surface area contributed by atoms with Crippen LogP contribution in [0.15, 0.2) is 66.7 Å². The van der Waals surface area contributed by atoms with Crippen LogP contribution >= 0.6 is 0 Å². The molecule has 5 rings (SSSR count). The van der Waals surface area contributed by atoms with Gasteiger partial charge in [-0.05, 0) is 62.7 Å². The van der Waals surface area contributed by atoms with Crippen LogP contribution in [0.5, 0.6) is 5.75 Å². The summed E-state index contributed by atoms with van der Waals surface area (Å²) in [5.74, 6) is 0.572. The van der Waals surface area contributed by atoms with E-state index in [1.54, 1.807) is 0 Å². The number of carbonyl (C=O) groups excluding carboxylic acids is 1. The Bertz CT molecular complexity index is 1440. The molecule has 0 N–H and O–H groups in total. The number of benzene rings is 3. The Morgan fingerprint density at radius 2 is 1.75 bits per heavy atom. The predicted molar refractivity (Wildman–Crippen MR) is 131 cm³/mol. The van der Waals surface area contributed by atoms with Gasteiger partial charge < -0.3 is 9.30 Å². The molecule has 0 saturated heterocycles. The van der Waals surface area contributed by atoms with Crippen LogP contribution in [-0.2, 0) is 16.8 Å². The minimum atomic E-state index is -0.203. The molecule has 0 amide bonds. The standard InChI is InChI=1S/C28H27N2O2/c1-5-30-24-9-7-6-8-21(24)22-16-19(10-13-25(22)30)11-15-27-28(2,3)23-17-20(32-18-31)12-14-26(23)29(27)4/h6-18H,5H2,1-4H3/q+1. The number of hydrogen-bond acceptors (Lipinski definition) is 2. The fraction of sp³-hybridized carbons (Fsp3) is 0.214. The van der Waals surface area contributed by atoms with Crippen LogP contribution in [0.4, 0.5) is 5.69 Å². The Labute approximate surface area is 188 Å². The largest absolute Gasteiger partial charge is 0.429 e. The zero-order chi connectivity index (χ0) is 22.5. The van der Waals surface area contributed by atoms with E-state index < -0.39 is 0 Å². The van der Waals surface area contributed by atoms with E-state index in [1.807, 2.05) is 18.2 Å². The molecule has 4 heteroatoms. The minimum absolute atomic E-state index is 0.203. The van der Waals surface area contributed by atoms with E-state index in [9.17, 15) is 4.79 Å². The summed E-state index contributed by atoms with van der Waals surface area (Å²) in [6.07, 6.45) is 4.40. The molecule has 160 valence electrons. The maximum Gasteiger partial charge on any atom is 0.298 e. The molecule has 0 atom stereocenters. The number of aromatic nitrogens is 1. The van der Waals surface area contributed by atoms with Crippen molar-refractivity contribution in [3.8, 4) is 5.75 Å². The highest BCUT2D eigenvalue weighted by Gasteiger charge is 2.43. The van der Waals surface area contributed by atoms with Gasteiger partial charge in [0.25, 0.3) is 6.47 Å². The molecule has 0 fully saturated rings. The van der Waals surface area contributed by atoms with E-state index in [1.165, 1.54) is 33.1 Å². The number of rotatable bonds is 5. The lowest BCUT2D eigenvalue weighted by Gasteiger charge is -2.15. The van der Waals surface area contributed by atoms with E-state index in [4.69, 9.17) is 4.74 Å². The summed E-state index contributed by atoms with van der Waals surface area (Å²) in [7, 11) is 2.09. The van der Waals surface area contributed by atoms with Crippen molar-refractivity contribution in [3.05, 3.63) is 77.9 Å². The first kappa shape index (κ1) is 20.3. The van der Waals surface area contributed by atoms with E-state index in [0.29, 0.717) is 12.2 Å². The van der Waals surface area contributed by atoms with Gasteiger partial charge in [0.05, 0.1) is 5.41 Å². The Morgan fingerprint density at radius 3 is 2.53 bits per heavy atom. The van der Waals surface area contributed by atoms with E-state index in [-0.39, 0.29) is 5.41 Å². The maximum atomic E-state index is 10.8. The van der Waals surface area contributed by atoms with Gasteiger partial charge in [0.2, 0.25) is 5.69 Å². The number of fused-ring (bicyclic) bond motifs is 4. The Balaban J connectivity index is 1.56. The average Bonchev–Trinajstić information content (AvgIpc) is 3.21. The topological polar surface area (TPSA) is 34.2 Å². The SMILES string of the molecule is CCn1c2ccccc2c2cc(C=CC3=[N+](C)c4ccc(OC=O)cc4C3(C)C)ccc21. The summed E-state index contributed by atoms with van der Waals surface area (Å²) >= 11 is 0. The molecule has 4 nitrogen and oxygen atoms in total. The molecule has 32 heavy (non-hydrogen) atoms. The molecule has 0 spiro atoms. The number of para-hydroxylation sites is 1. The molecule has 0 unspecified atom stereocenters. The second-order valence-corrected chi connectivity index (χ2v) is 8.83. The highest BCUT2D eigenvalue weighted by atomic mass is 16.5. The van der Waals surface area contributed by atoms with Crippen molar-refractivity contribution in [2.24, 2.45) is 0 Å². The van der Waals surface area contributed by atoms with Gasteiger partial charge in [0.15, 0.2) is 5.71 Å². The molecule has 3 aromatic carbocycles. The highest BCUT2D eigenvalue weighted by molar-refractivity contribution is 6.09. The fourth-order valence-corrected chi connectivity index (χ4v) is 5.14. The van der Waals surface area contributed by atoms with Crippen molar-refractivity contribution in [2.75, 3.05) is 7.05 Å². The number of aryl methyl sites for hydroxylation is 1. The number of ether oxygens (including phenoxy) is 1. The molecule has 2 heterocycles. The first-order valence-electron chi connectivity index (χ1n) is 11.0. The quantitative estimate of drug-likeness (QED) is 0.288. The first-order chi connectivity index (χ1) is 15.5. The van der Waals surface area contributed by atoms with Crippen molar-refractivity contribution < 1.29 is 14.1 Å². The molecule has 0 bridgehead atoms. The van der Waals surface area contributed by atoms with Crippen molar-refractivity contribution in [1.82, 2.24) is 4.57 Å². The molecule has 1 aromatic heterocycles. The Hall–Kier alpha value is -3.66. The third-order valence-electron chi connectivity index (χ3n) is 6.73. The molecule has 4 aromatic rings.